The summed E-state index contributed by atoms with van der Waals surface area (Å²) in [5.41, 5.74) is 1.27. The van der Waals surface area contributed by atoms with Crippen LogP contribution in [0.5, 0.6) is 0 Å². The topological polar surface area (TPSA) is 12.0 Å². The molecule has 0 aliphatic heterocycles. The molecule has 2 rings (SSSR count). The number of halogens is 3. The van der Waals surface area contributed by atoms with Gasteiger partial charge in [0.2, 0.25) is 0 Å². The summed E-state index contributed by atoms with van der Waals surface area (Å²) in [5, 5.41) is 3.44. The number of rotatable bonds is 3. The second-order valence-corrected chi connectivity index (χ2v) is 5.27. The smallest absolute Gasteiger partial charge is 0.314 e. The Labute approximate surface area is 112 Å². The van der Waals surface area contributed by atoms with E-state index in [1.165, 1.54) is 12.1 Å². The summed E-state index contributed by atoms with van der Waals surface area (Å²) in [7, 11) is 0. The fourth-order valence-electron chi connectivity index (χ4n) is 3.11. The molecule has 0 amide bonds. The Morgan fingerprint density at radius 2 is 2.00 bits per heavy atom. The van der Waals surface area contributed by atoms with Crippen molar-refractivity contribution in [2.45, 2.75) is 51.2 Å². The fourth-order valence-corrected chi connectivity index (χ4v) is 3.11. The van der Waals surface area contributed by atoms with Gasteiger partial charge in [-0.15, -0.1) is 0 Å². The Balaban J connectivity index is 2.26. The highest BCUT2D eigenvalue weighted by Gasteiger charge is 2.33. The first-order valence-electron chi connectivity index (χ1n) is 6.84. The zero-order valence-electron chi connectivity index (χ0n) is 11.3. The van der Waals surface area contributed by atoms with Crippen LogP contribution in [0.2, 0.25) is 0 Å². The second kappa shape index (κ2) is 5.53. The Hall–Kier alpha value is -1.03. The van der Waals surface area contributed by atoms with E-state index in [1.54, 1.807) is 13.0 Å². The molecule has 106 valence electrons. The lowest BCUT2D eigenvalue weighted by atomic mass is 9.89. The van der Waals surface area contributed by atoms with E-state index in [-0.39, 0.29) is 0 Å². The monoisotopic (exact) mass is 271 g/mol. The second-order valence-electron chi connectivity index (χ2n) is 5.27. The van der Waals surface area contributed by atoms with Gasteiger partial charge in [0.25, 0.3) is 0 Å². The van der Waals surface area contributed by atoms with Gasteiger partial charge in [0, 0.05) is 6.04 Å². The van der Waals surface area contributed by atoms with Crippen LogP contribution in [0.15, 0.2) is 18.2 Å². The molecule has 1 nitrogen and oxygen atoms in total. The van der Waals surface area contributed by atoms with Crippen LogP contribution in [-0.2, 0) is 6.18 Å². The molecule has 2 atom stereocenters. The molecule has 0 heterocycles. The zero-order valence-corrected chi connectivity index (χ0v) is 11.3. The summed E-state index contributed by atoms with van der Waals surface area (Å²) in [6.45, 7) is 4.75. The maximum absolute atomic E-state index is 12.7. The molecule has 0 spiro atoms. The van der Waals surface area contributed by atoms with Gasteiger partial charge in [-0.25, -0.2) is 0 Å². The minimum absolute atomic E-state index is 0.349. The minimum atomic E-state index is -4.25. The molecule has 0 radical (unpaired) electrons. The normalized spacial score (nSPS) is 23.8. The first kappa shape index (κ1) is 14.4. The largest absolute Gasteiger partial charge is 0.416 e. The first-order valence-corrected chi connectivity index (χ1v) is 6.84. The summed E-state index contributed by atoms with van der Waals surface area (Å²) in [5.74, 6) is 0.349. The highest BCUT2D eigenvalue weighted by Crippen LogP contribution is 2.38. The SMILES string of the molecule is CCNC1CCCC1c1ccc(C(F)(F)F)cc1C. The van der Waals surface area contributed by atoms with E-state index in [0.717, 1.165) is 36.9 Å². The van der Waals surface area contributed by atoms with Gasteiger partial charge < -0.3 is 5.32 Å². The summed E-state index contributed by atoms with van der Waals surface area (Å²) in [6, 6.07) is 4.55. The lowest BCUT2D eigenvalue weighted by molar-refractivity contribution is -0.137. The maximum Gasteiger partial charge on any atom is 0.416 e. The molecule has 1 fully saturated rings. The molecule has 0 bridgehead atoms. The van der Waals surface area contributed by atoms with Crippen LogP contribution < -0.4 is 5.32 Å². The fraction of sp³-hybridized carbons (Fsp3) is 0.600. The van der Waals surface area contributed by atoms with Gasteiger partial charge in [-0.2, -0.15) is 13.2 Å². The number of alkyl halides is 3. The van der Waals surface area contributed by atoms with E-state index in [2.05, 4.69) is 12.2 Å². The van der Waals surface area contributed by atoms with Crippen LogP contribution in [0.4, 0.5) is 13.2 Å². The van der Waals surface area contributed by atoms with Crippen molar-refractivity contribution in [3.05, 3.63) is 34.9 Å². The summed E-state index contributed by atoms with van der Waals surface area (Å²) < 4.78 is 38.0. The van der Waals surface area contributed by atoms with E-state index in [9.17, 15) is 13.2 Å². The first-order chi connectivity index (χ1) is 8.93. The number of likely N-dealkylation sites (N-methyl/N-ethyl adjacent to an activating group) is 1. The Kier molecular flexibility index (Phi) is 4.19. The number of hydrogen-bond donors (Lipinski definition) is 1. The van der Waals surface area contributed by atoms with E-state index in [1.807, 2.05) is 0 Å². The number of nitrogens with one attached hydrogen (secondary N) is 1. The van der Waals surface area contributed by atoms with E-state index < -0.39 is 11.7 Å². The third-order valence-electron chi connectivity index (χ3n) is 3.98. The third kappa shape index (κ3) is 3.11. The van der Waals surface area contributed by atoms with E-state index >= 15 is 0 Å². The number of benzene rings is 1. The van der Waals surface area contributed by atoms with Crippen LogP contribution in [0.1, 0.15) is 48.8 Å². The predicted molar refractivity (Wildman–Crippen MR) is 70.2 cm³/mol. The van der Waals surface area contributed by atoms with Crippen molar-refractivity contribution < 1.29 is 13.2 Å². The molecule has 1 aliphatic carbocycles. The Bertz CT molecular complexity index is 440. The molecule has 1 saturated carbocycles. The lowest BCUT2D eigenvalue weighted by Gasteiger charge is -2.23. The van der Waals surface area contributed by atoms with Crippen LogP contribution in [0.25, 0.3) is 0 Å². The van der Waals surface area contributed by atoms with Crippen molar-refractivity contribution in [1.82, 2.24) is 5.32 Å². The van der Waals surface area contributed by atoms with Gasteiger partial charge in [-0.3, -0.25) is 0 Å². The molecule has 4 heteroatoms. The van der Waals surface area contributed by atoms with Gasteiger partial charge in [0.15, 0.2) is 0 Å². The van der Waals surface area contributed by atoms with Gasteiger partial charge in [0.1, 0.15) is 0 Å². The average Bonchev–Trinajstić information content (AvgIpc) is 2.76. The predicted octanol–water partition coefficient (Wildman–Crippen LogP) is 4.26. The quantitative estimate of drug-likeness (QED) is 0.866. The molecule has 1 aromatic rings. The van der Waals surface area contributed by atoms with Crippen LogP contribution >= 0.6 is 0 Å². The summed E-state index contributed by atoms with van der Waals surface area (Å²) in [4.78, 5) is 0. The molecule has 2 unspecified atom stereocenters. The van der Waals surface area contributed by atoms with E-state index in [0.29, 0.717) is 12.0 Å². The van der Waals surface area contributed by atoms with Crippen molar-refractivity contribution in [3.8, 4) is 0 Å². The zero-order chi connectivity index (χ0) is 14.0. The van der Waals surface area contributed by atoms with Gasteiger partial charge in [-0.1, -0.05) is 19.4 Å². The highest BCUT2D eigenvalue weighted by molar-refractivity contribution is 5.36. The molecular weight excluding hydrogens is 251 g/mol. The number of aryl methyl sites for hydroxylation is 1. The molecule has 1 aliphatic rings. The van der Waals surface area contributed by atoms with Crippen molar-refractivity contribution in [2.75, 3.05) is 6.54 Å². The summed E-state index contributed by atoms with van der Waals surface area (Å²) in [6.07, 6.45) is -0.939. The minimum Gasteiger partial charge on any atom is -0.314 e. The molecule has 0 saturated heterocycles. The lowest BCUT2D eigenvalue weighted by Crippen LogP contribution is -2.31. The average molecular weight is 271 g/mol. The van der Waals surface area contributed by atoms with Crippen LogP contribution in [-0.4, -0.2) is 12.6 Å². The maximum atomic E-state index is 12.7. The Morgan fingerprint density at radius 1 is 1.26 bits per heavy atom. The molecule has 1 aromatic carbocycles. The molecular formula is C15H20F3N. The van der Waals surface area contributed by atoms with Gasteiger partial charge in [-0.05, 0) is 55.5 Å². The van der Waals surface area contributed by atoms with Gasteiger partial charge in [0.05, 0.1) is 5.56 Å². The molecule has 0 aromatic heterocycles. The Morgan fingerprint density at radius 3 is 2.58 bits per heavy atom. The molecule has 19 heavy (non-hydrogen) atoms. The van der Waals surface area contributed by atoms with Crippen LogP contribution in [0, 0.1) is 6.92 Å². The van der Waals surface area contributed by atoms with Gasteiger partial charge >= 0.3 is 6.18 Å². The summed E-state index contributed by atoms with van der Waals surface area (Å²) >= 11 is 0. The van der Waals surface area contributed by atoms with Crippen molar-refractivity contribution in [3.63, 3.8) is 0 Å². The standard InChI is InChI=1S/C15H20F3N/c1-3-19-14-6-4-5-13(14)12-8-7-11(9-10(12)2)15(16,17)18/h7-9,13-14,19H,3-6H2,1-2H3. The third-order valence-corrected chi connectivity index (χ3v) is 3.98. The highest BCUT2D eigenvalue weighted by atomic mass is 19.4. The van der Waals surface area contributed by atoms with Crippen molar-refractivity contribution in [1.29, 1.82) is 0 Å². The van der Waals surface area contributed by atoms with Crippen molar-refractivity contribution in [2.24, 2.45) is 0 Å². The van der Waals surface area contributed by atoms with Crippen molar-refractivity contribution >= 4 is 0 Å². The molecule has 1 N–H and O–H groups in total. The van der Waals surface area contributed by atoms with E-state index in [4.69, 9.17) is 0 Å². The number of hydrogen-bond acceptors (Lipinski definition) is 1. The van der Waals surface area contributed by atoms with Crippen LogP contribution in [0.3, 0.4) is 0 Å².